The summed E-state index contributed by atoms with van der Waals surface area (Å²) in [4.78, 5) is 34.6. The van der Waals surface area contributed by atoms with E-state index in [-0.39, 0.29) is 11.8 Å². The van der Waals surface area contributed by atoms with Crippen molar-refractivity contribution in [1.82, 2.24) is 14.4 Å². The Labute approximate surface area is 239 Å². The van der Waals surface area contributed by atoms with Crippen molar-refractivity contribution in [3.05, 3.63) is 101 Å². The van der Waals surface area contributed by atoms with Crippen LogP contribution in [0.5, 0.6) is 0 Å². The van der Waals surface area contributed by atoms with E-state index in [0.717, 1.165) is 27.7 Å². The Hall–Kier alpha value is -3.81. The number of benzene rings is 3. The lowest BCUT2D eigenvalue weighted by atomic mass is 9.78. The number of nitrogens with zero attached hydrogens (tertiary/aromatic N) is 4. The minimum Gasteiger partial charge on any atom is -0.383 e. The van der Waals surface area contributed by atoms with Gasteiger partial charge >= 0.3 is 0 Å². The fraction of sp³-hybridized carbons (Fsp3) is 0.312. The van der Waals surface area contributed by atoms with Crippen LogP contribution in [0.4, 0.5) is 5.69 Å². The Morgan fingerprint density at radius 1 is 0.950 bits per heavy atom. The minimum absolute atomic E-state index is 0.0473. The van der Waals surface area contributed by atoms with E-state index < -0.39 is 12.0 Å². The maximum atomic E-state index is 14.6. The number of carbonyl (C=O) groups excluding carboxylic acids is 2. The number of para-hydroxylation sites is 1. The quantitative estimate of drug-likeness (QED) is 0.331. The molecular weight excluding hydrogens is 524 g/mol. The molecule has 40 heavy (non-hydrogen) atoms. The van der Waals surface area contributed by atoms with Crippen LogP contribution in [-0.2, 0) is 16.6 Å². The van der Waals surface area contributed by atoms with Gasteiger partial charge < -0.3 is 24.0 Å². The fourth-order valence-electron chi connectivity index (χ4n) is 6.30. The number of halogens is 1. The fourth-order valence-corrected chi connectivity index (χ4v) is 6.49. The summed E-state index contributed by atoms with van der Waals surface area (Å²) in [7, 11) is 3.65. The van der Waals surface area contributed by atoms with Gasteiger partial charge in [0.15, 0.2) is 0 Å². The number of piperazine rings is 1. The van der Waals surface area contributed by atoms with Crippen LogP contribution in [0.25, 0.3) is 10.9 Å². The lowest BCUT2D eigenvalue weighted by molar-refractivity contribution is -0.135. The average Bonchev–Trinajstić information content (AvgIpc) is 3.32. The monoisotopic (exact) mass is 556 g/mol. The van der Waals surface area contributed by atoms with Crippen molar-refractivity contribution in [3.63, 3.8) is 0 Å². The van der Waals surface area contributed by atoms with Gasteiger partial charge in [0, 0.05) is 85.8 Å². The lowest BCUT2D eigenvalue weighted by Gasteiger charge is -2.44. The molecule has 4 aromatic rings. The van der Waals surface area contributed by atoms with Gasteiger partial charge in [0.1, 0.15) is 0 Å². The Morgan fingerprint density at radius 3 is 2.48 bits per heavy atom. The van der Waals surface area contributed by atoms with Crippen molar-refractivity contribution in [2.45, 2.75) is 12.0 Å². The maximum Gasteiger partial charge on any atom is 0.254 e. The maximum absolute atomic E-state index is 14.6. The highest BCUT2D eigenvalue weighted by molar-refractivity contribution is 6.30. The number of aromatic nitrogens is 1. The van der Waals surface area contributed by atoms with Gasteiger partial charge in [0.25, 0.3) is 5.91 Å². The van der Waals surface area contributed by atoms with Gasteiger partial charge in [-0.15, -0.1) is 0 Å². The molecule has 206 valence electrons. The molecule has 1 fully saturated rings. The van der Waals surface area contributed by atoms with E-state index in [2.05, 4.69) is 33.9 Å². The SMILES string of the molecule is COCCN1C(=O)c2ccccc2C(C(=O)N2CCN(c3cccc(Cl)c3)CC2)C1c1cn(C)c2ccccc12. The van der Waals surface area contributed by atoms with Gasteiger partial charge in [-0.2, -0.15) is 0 Å². The highest BCUT2D eigenvalue weighted by atomic mass is 35.5. The van der Waals surface area contributed by atoms with E-state index in [1.165, 1.54) is 0 Å². The van der Waals surface area contributed by atoms with Crippen molar-refractivity contribution in [1.29, 1.82) is 0 Å². The van der Waals surface area contributed by atoms with E-state index >= 15 is 0 Å². The predicted octanol–water partition coefficient (Wildman–Crippen LogP) is 5.11. The third kappa shape index (κ3) is 4.63. The summed E-state index contributed by atoms with van der Waals surface area (Å²) in [5.41, 5.74) is 4.49. The van der Waals surface area contributed by atoms with Gasteiger partial charge in [-0.25, -0.2) is 0 Å². The molecule has 0 saturated carbocycles. The summed E-state index contributed by atoms with van der Waals surface area (Å²) in [5.74, 6) is -0.555. The zero-order chi connectivity index (χ0) is 27.8. The molecule has 1 aromatic heterocycles. The zero-order valence-electron chi connectivity index (χ0n) is 22.8. The van der Waals surface area contributed by atoms with E-state index in [0.29, 0.717) is 49.9 Å². The number of aryl methyl sites for hydroxylation is 1. The van der Waals surface area contributed by atoms with Crippen molar-refractivity contribution < 1.29 is 14.3 Å². The van der Waals surface area contributed by atoms with Crippen LogP contribution < -0.4 is 4.90 Å². The molecule has 2 amide bonds. The minimum atomic E-state index is -0.533. The number of ether oxygens (including phenoxy) is 1. The molecule has 2 aliphatic rings. The highest BCUT2D eigenvalue weighted by Gasteiger charge is 2.46. The Balaban J connectivity index is 1.40. The first kappa shape index (κ1) is 26.4. The van der Waals surface area contributed by atoms with Crippen LogP contribution >= 0.6 is 11.6 Å². The van der Waals surface area contributed by atoms with Crippen molar-refractivity contribution >= 4 is 40.0 Å². The number of fused-ring (bicyclic) bond motifs is 2. The van der Waals surface area contributed by atoms with E-state index in [9.17, 15) is 9.59 Å². The molecule has 0 aliphatic carbocycles. The number of hydrogen-bond acceptors (Lipinski definition) is 4. The second-order valence-corrected chi connectivity index (χ2v) is 10.9. The molecule has 3 heterocycles. The summed E-state index contributed by atoms with van der Waals surface area (Å²) >= 11 is 6.24. The van der Waals surface area contributed by atoms with Crippen molar-refractivity contribution in [2.24, 2.45) is 7.05 Å². The first-order valence-electron chi connectivity index (χ1n) is 13.7. The highest BCUT2D eigenvalue weighted by Crippen LogP contribution is 2.46. The summed E-state index contributed by atoms with van der Waals surface area (Å²) < 4.78 is 7.50. The molecule has 0 N–H and O–H groups in total. The van der Waals surface area contributed by atoms with Crippen molar-refractivity contribution in [2.75, 3.05) is 51.3 Å². The normalized spacial score (nSPS) is 19.3. The van der Waals surface area contributed by atoms with Gasteiger partial charge in [-0.1, -0.05) is 54.1 Å². The number of rotatable bonds is 6. The van der Waals surface area contributed by atoms with Gasteiger partial charge in [0.05, 0.1) is 18.6 Å². The summed E-state index contributed by atoms with van der Waals surface area (Å²) in [6.07, 6.45) is 2.08. The van der Waals surface area contributed by atoms with Crippen LogP contribution in [0, 0.1) is 0 Å². The van der Waals surface area contributed by atoms with Gasteiger partial charge in [0.2, 0.25) is 5.91 Å². The number of amides is 2. The molecule has 2 atom stereocenters. The lowest BCUT2D eigenvalue weighted by Crippen LogP contribution is -2.53. The van der Waals surface area contributed by atoms with Gasteiger partial charge in [-0.3, -0.25) is 9.59 Å². The largest absolute Gasteiger partial charge is 0.383 e. The van der Waals surface area contributed by atoms with E-state index in [1.807, 2.05) is 71.4 Å². The molecule has 2 unspecified atom stereocenters. The summed E-state index contributed by atoms with van der Waals surface area (Å²) in [6, 6.07) is 23.1. The third-order valence-corrected chi connectivity index (χ3v) is 8.49. The van der Waals surface area contributed by atoms with Crippen molar-refractivity contribution in [3.8, 4) is 0 Å². The summed E-state index contributed by atoms with van der Waals surface area (Å²) in [5, 5.41) is 1.75. The molecule has 7 nitrogen and oxygen atoms in total. The van der Waals surface area contributed by atoms with E-state index in [4.69, 9.17) is 16.3 Å². The van der Waals surface area contributed by atoms with Crippen LogP contribution in [0.1, 0.15) is 33.4 Å². The first-order chi connectivity index (χ1) is 19.5. The van der Waals surface area contributed by atoms with Crippen LogP contribution in [0.15, 0.2) is 79.0 Å². The topological polar surface area (TPSA) is 58.0 Å². The molecule has 6 rings (SSSR count). The molecule has 3 aromatic carbocycles. The Morgan fingerprint density at radius 2 is 1.70 bits per heavy atom. The second kappa shape index (κ2) is 11.0. The first-order valence-corrected chi connectivity index (χ1v) is 14.1. The zero-order valence-corrected chi connectivity index (χ0v) is 23.6. The molecular formula is C32H33ClN4O3. The number of hydrogen-bond donors (Lipinski definition) is 0. The van der Waals surface area contributed by atoms with Crippen LogP contribution in [0.3, 0.4) is 0 Å². The van der Waals surface area contributed by atoms with Crippen LogP contribution in [0.2, 0.25) is 5.02 Å². The number of methoxy groups -OCH3 is 1. The number of anilines is 1. The predicted molar refractivity (Wildman–Crippen MR) is 158 cm³/mol. The Bertz CT molecular complexity index is 1560. The standard InChI is InChI=1S/C32H33ClN4O3/c1-34-21-27(24-10-5-6-13-28(24)34)30-29(25-11-3-4-12-26(25)31(38)37(30)18-19-40-2)32(39)36-16-14-35(15-17-36)23-9-7-8-22(33)20-23/h3-13,20-21,29-30H,14-19H2,1-2H3. The third-order valence-electron chi connectivity index (χ3n) is 8.25. The molecule has 0 bridgehead atoms. The molecule has 2 aliphatic heterocycles. The smallest absolute Gasteiger partial charge is 0.254 e. The molecule has 1 saturated heterocycles. The summed E-state index contributed by atoms with van der Waals surface area (Å²) in [6.45, 7) is 3.40. The average molecular weight is 557 g/mol. The molecule has 0 radical (unpaired) electrons. The van der Waals surface area contributed by atoms with Crippen LogP contribution in [-0.4, -0.2) is 72.6 Å². The Kier molecular flexibility index (Phi) is 7.26. The molecule has 0 spiro atoms. The number of carbonyl (C=O) groups is 2. The second-order valence-electron chi connectivity index (χ2n) is 10.5. The molecule has 8 heteroatoms. The van der Waals surface area contributed by atoms with E-state index in [1.54, 1.807) is 7.11 Å². The van der Waals surface area contributed by atoms with Gasteiger partial charge in [-0.05, 0) is 35.9 Å².